The van der Waals surface area contributed by atoms with Crippen molar-refractivity contribution in [1.29, 1.82) is 0 Å². The Hall–Kier alpha value is -3.09. The molecule has 0 unspecified atom stereocenters. The van der Waals surface area contributed by atoms with Crippen LogP contribution in [0.2, 0.25) is 0 Å². The summed E-state index contributed by atoms with van der Waals surface area (Å²) in [6.45, 7) is 1.42. The topological polar surface area (TPSA) is 100 Å². The summed E-state index contributed by atoms with van der Waals surface area (Å²) >= 11 is 0. The third-order valence-electron chi connectivity index (χ3n) is 3.45. The Morgan fingerprint density at radius 2 is 1.24 bits per heavy atom. The van der Waals surface area contributed by atoms with Gasteiger partial charge < -0.3 is 30.6 Å². The van der Waals surface area contributed by atoms with Crippen molar-refractivity contribution in [2.75, 3.05) is 44.9 Å². The molecule has 0 bridgehead atoms. The molecule has 1 amide bonds. The second-order valence-corrected chi connectivity index (χ2v) is 5.29. The molecular weight excluding hydrogens is 322 g/mol. The highest BCUT2D eigenvalue weighted by molar-refractivity contribution is 5.67. The second kappa shape index (κ2) is 9.27. The first kappa shape index (κ1) is 18.3. The van der Waals surface area contributed by atoms with E-state index in [0.717, 1.165) is 0 Å². The molecule has 0 atom stereocenters. The van der Waals surface area contributed by atoms with Gasteiger partial charge in [0.05, 0.1) is 20.2 Å². The van der Waals surface area contributed by atoms with Gasteiger partial charge in [-0.3, -0.25) is 0 Å². The molecule has 7 heteroatoms. The molecule has 0 aromatic heterocycles. The zero-order chi connectivity index (χ0) is 18.1. The number of nitrogen functional groups attached to an aromatic ring is 2. The van der Waals surface area contributed by atoms with Crippen LogP contribution in [0.1, 0.15) is 0 Å². The van der Waals surface area contributed by atoms with Gasteiger partial charge in [-0.1, -0.05) is 0 Å². The van der Waals surface area contributed by atoms with Crippen molar-refractivity contribution >= 4 is 17.5 Å². The molecule has 7 nitrogen and oxygen atoms in total. The fourth-order valence-corrected chi connectivity index (χ4v) is 2.10. The zero-order valence-electron chi connectivity index (χ0n) is 14.2. The van der Waals surface area contributed by atoms with Crippen molar-refractivity contribution in [1.82, 2.24) is 4.90 Å². The Morgan fingerprint density at radius 1 is 0.840 bits per heavy atom. The Morgan fingerprint density at radius 3 is 1.60 bits per heavy atom. The molecule has 2 aromatic rings. The molecule has 0 saturated heterocycles. The summed E-state index contributed by atoms with van der Waals surface area (Å²) < 4.78 is 16.0. The van der Waals surface area contributed by atoms with Crippen molar-refractivity contribution in [3.8, 4) is 11.5 Å². The van der Waals surface area contributed by atoms with Crippen molar-refractivity contribution in [2.24, 2.45) is 0 Å². The Balaban J connectivity index is 1.78. The van der Waals surface area contributed by atoms with E-state index in [1.54, 1.807) is 48.5 Å². The van der Waals surface area contributed by atoms with Crippen LogP contribution in [0.15, 0.2) is 48.5 Å². The van der Waals surface area contributed by atoms with Crippen LogP contribution in [0.5, 0.6) is 11.5 Å². The van der Waals surface area contributed by atoms with Crippen LogP contribution in [0.4, 0.5) is 16.2 Å². The van der Waals surface area contributed by atoms with Crippen LogP contribution >= 0.6 is 0 Å². The van der Waals surface area contributed by atoms with Gasteiger partial charge >= 0.3 is 6.09 Å². The number of nitrogens with two attached hydrogens (primary N) is 2. The summed E-state index contributed by atoms with van der Waals surface area (Å²) in [5, 5.41) is 0. The molecule has 4 N–H and O–H groups in total. The fourth-order valence-electron chi connectivity index (χ4n) is 2.10. The number of benzene rings is 2. The highest BCUT2D eigenvalue weighted by Gasteiger charge is 2.13. The average molecular weight is 345 g/mol. The second-order valence-electron chi connectivity index (χ2n) is 5.29. The average Bonchev–Trinajstić information content (AvgIpc) is 2.63. The summed E-state index contributed by atoms with van der Waals surface area (Å²) in [6.07, 6.45) is -0.429. The molecule has 0 aliphatic carbocycles. The van der Waals surface area contributed by atoms with Gasteiger partial charge in [-0.2, -0.15) is 0 Å². The summed E-state index contributed by atoms with van der Waals surface area (Å²) in [6, 6.07) is 14.2. The van der Waals surface area contributed by atoms with Crippen LogP contribution in [-0.4, -0.2) is 44.4 Å². The predicted octanol–water partition coefficient (Wildman–Crippen LogP) is 2.38. The monoisotopic (exact) mass is 345 g/mol. The lowest BCUT2D eigenvalue weighted by atomic mass is 10.3. The third-order valence-corrected chi connectivity index (χ3v) is 3.45. The first-order valence-electron chi connectivity index (χ1n) is 7.88. The molecule has 0 heterocycles. The quantitative estimate of drug-likeness (QED) is 0.713. The number of carbonyl (C=O) groups is 1. The Bertz CT molecular complexity index is 608. The normalized spacial score (nSPS) is 10.1. The van der Waals surface area contributed by atoms with Gasteiger partial charge in [0.2, 0.25) is 0 Å². The maximum absolute atomic E-state index is 11.8. The van der Waals surface area contributed by atoms with E-state index in [-0.39, 0.29) is 0 Å². The predicted molar refractivity (Wildman–Crippen MR) is 96.7 cm³/mol. The van der Waals surface area contributed by atoms with E-state index in [0.29, 0.717) is 49.2 Å². The molecule has 25 heavy (non-hydrogen) atoms. The fraction of sp³-hybridized carbons (Fsp3) is 0.278. The molecule has 0 aliphatic rings. The molecule has 0 fully saturated rings. The van der Waals surface area contributed by atoms with Crippen LogP contribution in [0.25, 0.3) is 0 Å². The van der Waals surface area contributed by atoms with E-state index in [9.17, 15) is 4.79 Å². The minimum Gasteiger partial charge on any atom is -0.492 e. The number of nitrogens with zero attached hydrogens (tertiary/aromatic N) is 1. The first-order valence-corrected chi connectivity index (χ1v) is 7.88. The molecule has 0 aliphatic heterocycles. The lowest BCUT2D eigenvalue weighted by Crippen LogP contribution is -2.37. The number of carbonyl (C=O) groups excluding carboxylic acids is 1. The highest BCUT2D eigenvalue weighted by atomic mass is 16.5. The van der Waals surface area contributed by atoms with Crippen molar-refractivity contribution in [3.63, 3.8) is 0 Å². The largest absolute Gasteiger partial charge is 0.492 e. The number of ether oxygens (including phenoxy) is 3. The lowest BCUT2D eigenvalue weighted by molar-refractivity contribution is 0.107. The van der Waals surface area contributed by atoms with Crippen LogP contribution in [0, 0.1) is 0 Å². The highest BCUT2D eigenvalue weighted by Crippen LogP contribution is 2.14. The van der Waals surface area contributed by atoms with Crippen LogP contribution < -0.4 is 20.9 Å². The molecule has 0 radical (unpaired) electrons. The summed E-state index contributed by atoms with van der Waals surface area (Å²) in [5.74, 6) is 1.38. The minimum atomic E-state index is -0.429. The number of hydrogen-bond acceptors (Lipinski definition) is 6. The lowest BCUT2D eigenvalue weighted by Gasteiger charge is -2.21. The third kappa shape index (κ3) is 6.14. The van der Waals surface area contributed by atoms with E-state index in [4.69, 9.17) is 25.7 Å². The first-order chi connectivity index (χ1) is 12.1. The minimum absolute atomic E-state index is 0.334. The van der Waals surface area contributed by atoms with Crippen LogP contribution in [0.3, 0.4) is 0 Å². The van der Waals surface area contributed by atoms with E-state index in [1.165, 1.54) is 12.0 Å². The van der Waals surface area contributed by atoms with Crippen molar-refractivity contribution in [3.05, 3.63) is 48.5 Å². The summed E-state index contributed by atoms with van der Waals surface area (Å²) in [4.78, 5) is 13.4. The van der Waals surface area contributed by atoms with Gasteiger partial charge in [0.15, 0.2) is 0 Å². The Kier molecular flexibility index (Phi) is 6.76. The van der Waals surface area contributed by atoms with Gasteiger partial charge in [-0.25, -0.2) is 4.79 Å². The molecule has 134 valence electrons. The number of amides is 1. The zero-order valence-corrected chi connectivity index (χ0v) is 14.2. The van der Waals surface area contributed by atoms with E-state index in [1.807, 2.05) is 0 Å². The van der Waals surface area contributed by atoms with E-state index < -0.39 is 6.09 Å². The maximum atomic E-state index is 11.8. The number of hydrogen-bond donors (Lipinski definition) is 2. The van der Waals surface area contributed by atoms with Gasteiger partial charge in [-0.05, 0) is 48.5 Å². The molecule has 2 aromatic carbocycles. The number of rotatable bonds is 8. The summed E-state index contributed by atoms with van der Waals surface area (Å²) in [5.41, 5.74) is 12.6. The standard InChI is InChI=1S/C18H23N3O4/c1-23-18(22)21(10-12-24-16-6-2-14(19)3-7-16)11-13-25-17-8-4-15(20)5-9-17/h2-9H,10-13,19-20H2,1H3. The van der Waals surface area contributed by atoms with Gasteiger partial charge in [0.25, 0.3) is 0 Å². The molecular formula is C18H23N3O4. The van der Waals surface area contributed by atoms with Gasteiger partial charge in [-0.15, -0.1) is 0 Å². The molecule has 0 saturated carbocycles. The smallest absolute Gasteiger partial charge is 0.409 e. The van der Waals surface area contributed by atoms with E-state index in [2.05, 4.69) is 0 Å². The molecule has 2 rings (SSSR count). The summed E-state index contributed by atoms with van der Waals surface area (Å²) in [7, 11) is 1.34. The maximum Gasteiger partial charge on any atom is 0.409 e. The SMILES string of the molecule is COC(=O)N(CCOc1ccc(N)cc1)CCOc1ccc(N)cc1. The Labute approximate surface area is 147 Å². The van der Waals surface area contributed by atoms with Gasteiger partial charge in [0.1, 0.15) is 24.7 Å². The van der Waals surface area contributed by atoms with Crippen molar-refractivity contribution in [2.45, 2.75) is 0 Å². The molecule has 0 spiro atoms. The number of methoxy groups -OCH3 is 1. The van der Waals surface area contributed by atoms with E-state index >= 15 is 0 Å². The van der Waals surface area contributed by atoms with Crippen molar-refractivity contribution < 1.29 is 19.0 Å². The van der Waals surface area contributed by atoms with Gasteiger partial charge in [0, 0.05) is 11.4 Å². The van der Waals surface area contributed by atoms with Crippen LogP contribution in [-0.2, 0) is 4.74 Å². The number of anilines is 2.